The molecular weight excluding hydrogens is 323 g/mol. The minimum atomic E-state index is -0.524. The van der Waals surface area contributed by atoms with Crippen molar-refractivity contribution < 1.29 is 18.7 Å². The summed E-state index contributed by atoms with van der Waals surface area (Å²) in [5, 5.41) is 0. The van der Waals surface area contributed by atoms with Gasteiger partial charge in [0, 0.05) is 37.8 Å². The van der Waals surface area contributed by atoms with Crippen LogP contribution in [-0.4, -0.2) is 48.9 Å². The third kappa shape index (κ3) is 4.25. The van der Waals surface area contributed by atoms with Crippen molar-refractivity contribution in [2.45, 2.75) is 31.7 Å². The number of nitrogens with two attached hydrogens (primary N) is 1. The summed E-state index contributed by atoms with van der Waals surface area (Å²) in [6, 6.07) is 5.07. The fraction of sp³-hybridized carbons (Fsp3) is 0.579. The zero-order chi connectivity index (χ0) is 17.8. The van der Waals surface area contributed by atoms with Crippen molar-refractivity contribution in [3.8, 4) is 0 Å². The van der Waals surface area contributed by atoms with E-state index >= 15 is 0 Å². The lowest BCUT2D eigenvalue weighted by Crippen LogP contribution is -2.52. The van der Waals surface area contributed by atoms with E-state index in [9.17, 15) is 14.0 Å². The summed E-state index contributed by atoms with van der Waals surface area (Å²) in [4.78, 5) is 27.1. The first kappa shape index (κ1) is 18.0. The smallest absolute Gasteiger partial charge is 0.239 e. The topological polar surface area (TPSA) is 72.6 Å². The molecule has 0 bridgehead atoms. The van der Waals surface area contributed by atoms with E-state index in [-0.39, 0.29) is 29.3 Å². The van der Waals surface area contributed by atoms with Gasteiger partial charge in [0.1, 0.15) is 5.82 Å². The molecule has 0 aromatic heterocycles. The Morgan fingerprint density at radius 2 is 1.84 bits per heavy atom. The van der Waals surface area contributed by atoms with Gasteiger partial charge in [-0.2, -0.15) is 0 Å². The predicted molar refractivity (Wildman–Crippen MR) is 91.6 cm³/mol. The molecule has 25 heavy (non-hydrogen) atoms. The molecule has 2 N–H and O–H groups in total. The minimum Gasteiger partial charge on any atom is -0.381 e. The average Bonchev–Trinajstić information content (AvgIpc) is 2.67. The lowest BCUT2D eigenvalue weighted by Gasteiger charge is -2.36. The number of ketones is 1. The van der Waals surface area contributed by atoms with Crippen molar-refractivity contribution in [3.63, 3.8) is 0 Å². The molecule has 136 valence electrons. The Hall–Kier alpha value is -1.79. The first-order valence-electron chi connectivity index (χ1n) is 8.98. The molecule has 0 spiro atoms. The molecule has 1 aromatic carbocycles. The fourth-order valence-electron chi connectivity index (χ4n) is 3.73. The van der Waals surface area contributed by atoms with Crippen LogP contribution in [0.25, 0.3) is 0 Å². The highest BCUT2D eigenvalue weighted by atomic mass is 19.1. The number of hydrogen-bond acceptors (Lipinski definition) is 4. The van der Waals surface area contributed by atoms with Crippen LogP contribution in [-0.2, 0) is 9.53 Å². The number of ether oxygens (including phenoxy) is 1. The molecule has 2 saturated heterocycles. The number of hydrogen-bond donors (Lipinski definition) is 1. The second kappa shape index (κ2) is 8.06. The molecular formula is C19H25FN2O3. The van der Waals surface area contributed by atoms with Crippen molar-refractivity contribution in [3.05, 3.63) is 35.6 Å². The van der Waals surface area contributed by atoms with Crippen LogP contribution >= 0.6 is 0 Å². The largest absolute Gasteiger partial charge is 0.381 e. The van der Waals surface area contributed by atoms with Crippen molar-refractivity contribution in [1.29, 1.82) is 0 Å². The van der Waals surface area contributed by atoms with Crippen molar-refractivity contribution in [2.75, 3.05) is 26.3 Å². The lowest BCUT2D eigenvalue weighted by atomic mass is 9.88. The van der Waals surface area contributed by atoms with E-state index in [4.69, 9.17) is 10.5 Å². The number of halogens is 1. The van der Waals surface area contributed by atoms with E-state index in [1.54, 1.807) is 4.90 Å². The van der Waals surface area contributed by atoms with Crippen LogP contribution in [0, 0.1) is 17.7 Å². The molecule has 2 fully saturated rings. The Balaban J connectivity index is 1.62. The molecule has 0 radical (unpaired) electrons. The quantitative estimate of drug-likeness (QED) is 0.845. The summed E-state index contributed by atoms with van der Waals surface area (Å²) in [5.41, 5.74) is 6.69. The molecule has 2 unspecified atom stereocenters. The predicted octanol–water partition coefficient (Wildman–Crippen LogP) is 2.00. The number of carbonyl (C=O) groups excluding carboxylic acids is 2. The SMILES string of the molecule is NC(C(=O)N1CCCC(C(=O)c2ccc(F)cc2)C1)C1CCOCC1. The van der Waals surface area contributed by atoms with Gasteiger partial charge in [0.15, 0.2) is 5.78 Å². The van der Waals surface area contributed by atoms with E-state index in [1.165, 1.54) is 24.3 Å². The molecule has 1 aromatic rings. The number of likely N-dealkylation sites (tertiary alicyclic amines) is 1. The van der Waals surface area contributed by atoms with Gasteiger partial charge in [-0.3, -0.25) is 9.59 Å². The van der Waals surface area contributed by atoms with E-state index in [2.05, 4.69) is 0 Å². The zero-order valence-corrected chi connectivity index (χ0v) is 14.3. The van der Waals surface area contributed by atoms with Gasteiger partial charge in [-0.05, 0) is 55.9 Å². The second-order valence-electron chi connectivity index (χ2n) is 6.97. The van der Waals surface area contributed by atoms with Crippen molar-refractivity contribution in [1.82, 2.24) is 4.90 Å². The molecule has 0 aliphatic carbocycles. The standard InChI is InChI=1S/C19H25FN2O3/c20-16-5-3-14(4-6-16)18(23)15-2-1-9-22(12-15)19(24)17(21)13-7-10-25-11-8-13/h3-6,13,15,17H,1-2,7-12,21H2. The van der Waals surface area contributed by atoms with E-state index in [0.29, 0.717) is 31.9 Å². The molecule has 2 heterocycles. The van der Waals surface area contributed by atoms with E-state index in [1.807, 2.05) is 0 Å². The number of benzene rings is 1. The van der Waals surface area contributed by atoms with Gasteiger partial charge in [0.05, 0.1) is 6.04 Å². The van der Waals surface area contributed by atoms with Crippen LogP contribution < -0.4 is 5.73 Å². The van der Waals surface area contributed by atoms with Gasteiger partial charge in [-0.15, -0.1) is 0 Å². The number of nitrogens with zero attached hydrogens (tertiary/aromatic N) is 1. The molecule has 5 nitrogen and oxygen atoms in total. The summed E-state index contributed by atoms with van der Waals surface area (Å²) in [5.74, 6) is -0.556. The molecule has 2 aliphatic rings. The summed E-state index contributed by atoms with van der Waals surface area (Å²) in [6.07, 6.45) is 3.13. The maximum atomic E-state index is 13.0. The van der Waals surface area contributed by atoms with Gasteiger partial charge in [0.25, 0.3) is 0 Å². The van der Waals surface area contributed by atoms with Crippen molar-refractivity contribution in [2.24, 2.45) is 17.6 Å². The molecule has 2 aliphatic heterocycles. The number of rotatable bonds is 4. The zero-order valence-electron chi connectivity index (χ0n) is 14.3. The van der Waals surface area contributed by atoms with Crippen LogP contribution in [0.1, 0.15) is 36.0 Å². The maximum absolute atomic E-state index is 13.0. The molecule has 6 heteroatoms. The summed E-state index contributed by atoms with van der Waals surface area (Å²) in [6.45, 7) is 2.34. The average molecular weight is 348 g/mol. The van der Waals surface area contributed by atoms with Crippen LogP contribution in [0.15, 0.2) is 24.3 Å². The van der Waals surface area contributed by atoms with Gasteiger partial charge in [0.2, 0.25) is 5.91 Å². The maximum Gasteiger partial charge on any atom is 0.239 e. The molecule has 0 saturated carbocycles. The molecule has 2 atom stereocenters. The van der Waals surface area contributed by atoms with Crippen LogP contribution in [0.3, 0.4) is 0 Å². The van der Waals surface area contributed by atoms with Gasteiger partial charge in [-0.1, -0.05) is 0 Å². The highest BCUT2D eigenvalue weighted by Crippen LogP contribution is 2.24. The monoisotopic (exact) mass is 348 g/mol. The number of amides is 1. The van der Waals surface area contributed by atoms with Crippen LogP contribution in [0.4, 0.5) is 4.39 Å². The first-order valence-corrected chi connectivity index (χ1v) is 8.98. The fourth-order valence-corrected chi connectivity index (χ4v) is 3.73. The Bertz CT molecular complexity index is 614. The molecule has 3 rings (SSSR count). The third-order valence-corrected chi connectivity index (χ3v) is 5.29. The Morgan fingerprint density at radius 1 is 1.16 bits per heavy atom. The normalized spacial score (nSPS) is 23.3. The Kier molecular flexibility index (Phi) is 5.81. The second-order valence-corrected chi connectivity index (χ2v) is 6.97. The summed E-state index contributed by atoms with van der Waals surface area (Å²) >= 11 is 0. The van der Waals surface area contributed by atoms with Gasteiger partial charge >= 0.3 is 0 Å². The van der Waals surface area contributed by atoms with E-state index in [0.717, 1.165) is 25.7 Å². The Labute approximate surface area is 147 Å². The number of Topliss-reactive ketones (excluding diaryl/α,β-unsaturated/α-hetero) is 1. The van der Waals surface area contributed by atoms with E-state index < -0.39 is 6.04 Å². The Morgan fingerprint density at radius 3 is 2.52 bits per heavy atom. The highest BCUT2D eigenvalue weighted by molar-refractivity contribution is 5.98. The highest BCUT2D eigenvalue weighted by Gasteiger charge is 2.34. The summed E-state index contributed by atoms with van der Waals surface area (Å²) < 4.78 is 18.4. The van der Waals surface area contributed by atoms with Crippen molar-refractivity contribution >= 4 is 11.7 Å². The first-order chi connectivity index (χ1) is 12.1. The van der Waals surface area contributed by atoms with Gasteiger partial charge < -0.3 is 15.4 Å². The molecule has 1 amide bonds. The van der Waals surface area contributed by atoms with Crippen LogP contribution in [0.2, 0.25) is 0 Å². The minimum absolute atomic E-state index is 0.0304. The number of carbonyl (C=O) groups is 2. The number of piperidine rings is 1. The third-order valence-electron chi connectivity index (χ3n) is 5.29. The lowest BCUT2D eigenvalue weighted by molar-refractivity contribution is -0.136. The summed E-state index contributed by atoms with van der Waals surface area (Å²) in [7, 11) is 0. The van der Waals surface area contributed by atoms with Gasteiger partial charge in [-0.25, -0.2) is 4.39 Å². The van der Waals surface area contributed by atoms with Crippen LogP contribution in [0.5, 0.6) is 0 Å².